The Morgan fingerprint density at radius 2 is 1.79 bits per heavy atom. The van der Waals surface area contributed by atoms with Crippen LogP contribution in [0.3, 0.4) is 0 Å². The summed E-state index contributed by atoms with van der Waals surface area (Å²) in [5.74, 6) is -2.34. The summed E-state index contributed by atoms with van der Waals surface area (Å²) in [5, 5.41) is 59.1. The van der Waals surface area contributed by atoms with Crippen molar-refractivity contribution in [2.75, 3.05) is 20.3 Å². The van der Waals surface area contributed by atoms with Crippen LogP contribution in [0.5, 0.6) is 0 Å². The van der Waals surface area contributed by atoms with Crippen LogP contribution < -0.4 is 0 Å². The topological polar surface area (TPSA) is 175 Å². The fourth-order valence-electron chi connectivity index (χ4n) is 3.79. The van der Waals surface area contributed by atoms with E-state index in [0.717, 1.165) is 6.26 Å². The van der Waals surface area contributed by atoms with Crippen molar-refractivity contribution >= 4 is 5.97 Å². The second-order valence-corrected chi connectivity index (χ2v) is 6.84. The summed E-state index contributed by atoms with van der Waals surface area (Å²) in [5.41, 5.74) is 0.398. The maximum Gasteiger partial charge on any atom is 0.337 e. The molecule has 0 bridgehead atoms. The largest absolute Gasteiger partial charge is 0.471 e. The lowest BCUT2D eigenvalue weighted by Gasteiger charge is -2.43. The van der Waals surface area contributed by atoms with Gasteiger partial charge < -0.3 is 49.6 Å². The highest BCUT2D eigenvalue weighted by Crippen LogP contribution is 2.44. The van der Waals surface area contributed by atoms with Crippen molar-refractivity contribution in [3.05, 3.63) is 23.5 Å². The quantitative estimate of drug-likeness (QED) is 0.200. The molecule has 0 spiro atoms. The highest BCUT2D eigenvalue weighted by atomic mass is 16.8. The summed E-state index contributed by atoms with van der Waals surface area (Å²) in [6.07, 6.45) is -7.36. The van der Waals surface area contributed by atoms with Crippen LogP contribution in [0.1, 0.15) is 0 Å². The standard InChI is InChI=1S/C17H24O11/c1-25-15(24)7-5-26-16(10-6(3-18)2-8(20)11(7)10)28-17-14(23)13(22)12(21)9(4-19)27-17/h2,5,8-14,16-23H,3-4H2,1H3/t8-,9+,10+,11-,12+,13-,14+,16-,17-/m0/s1. The number of ether oxygens (including phenoxy) is 4. The molecule has 0 aromatic carbocycles. The van der Waals surface area contributed by atoms with Crippen LogP contribution in [-0.2, 0) is 23.7 Å². The number of fused-ring (bicyclic) bond motifs is 1. The van der Waals surface area contributed by atoms with E-state index in [1.165, 1.54) is 13.2 Å². The fraction of sp³-hybridized carbons (Fsp3) is 0.706. The summed E-state index contributed by atoms with van der Waals surface area (Å²) in [4.78, 5) is 12.0. The summed E-state index contributed by atoms with van der Waals surface area (Å²) in [7, 11) is 1.18. The van der Waals surface area contributed by atoms with Crippen LogP contribution in [0.4, 0.5) is 0 Å². The minimum Gasteiger partial charge on any atom is -0.471 e. The Balaban J connectivity index is 1.84. The molecule has 0 aromatic heterocycles. The number of carbonyl (C=O) groups is 1. The average molecular weight is 404 g/mol. The molecule has 0 amide bonds. The lowest BCUT2D eigenvalue weighted by Crippen LogP contribution is -2.60. The molecule has 1 fully saturated rings. The van der Waals surface area contributed by atoms with Gasteiger partial charge in [-0.05, 0) is 5.57 Å². The third-order valence-electron chi connectivity index (χ3n) is 5.27. The first-order chi connectivity index (χ1) is 13.3. The van der Waals surface area contributed by atoms with E-state index < -0.39 is 74.1 Å². The molecule has 0 saturated carbocycles. The van der Waals surface area contributed by atoms with Gasteiger partial charge >= 0.3 is 5.97 Å². The van der Waals surface area contributed by atoms with Crippen molar-refractivity contribution in [3.8, 4) is 0 Å². The van der Waals surface area contributed by atoms with Crippen molar-refractivity contribution in [3.63, 3.8) is 0 Å². The first-order valence-corrected chi connectivity index (χ1v) is 8.73. The van der Waals surface area contributed by atoms with E-state index in [-0.39, 0.29) is 5.57 Å². The van der Waals surface area contributed by atoms with Crippen molar-refractivity contribution in [1.82, 2.24) is 0 Å². The Morgan fingerprint density at radius 1 is 1.07 bits per heavy atom. The van der Waals surface area contributed by atoms with Gasteiger partial charge in [0.25, 0.3) is 0 Å². The Labute approximate surface area is 160 Å². The van der Waals surface area contributed by atoms with Crippen LogP contribution in [-0.4, -0.2) is 100 Å². The maximum atomic E-state index is 12.0. The Kier molecular flexibility index (Phi) is 6.37. The number of hydrogen-bond donors (Lipinski definition) is 6. The van der Waals surface area contributed by atoms with Crippen molar-refractivity contribution < 1.29 is 54.4 Å². The first-order valence-electron chi connectivity index (χ1n) is 8.73. The van der Waals surface area contributed by atoms with Crippen LogP contribution in [0.2, 0.25) is 0 Å². The number of rotatable bonds is 5. The molecule has 0 unspecified atom stereocenters. The Bertz CT molecular complexity index is 645. The normalized spacial score (nSPS) is 42.9. The van der Waals surface area contributed by atoms with E-state index in [2.05, 4.69) is 0 Å². The lowest BCUT2D eigenvalue weighted by molar-refractivity contribution is -0.340. The number of carbonyl (C=O) groups excluding carboxylic acids is 1. The van der Waals surface area contributed by atoms with Crippen LogP contribution in [0, 0.1) is 11.8 Å². The SMILES string of the molecule is COC(=O)C1=CO[C@@H](O[C@@H]2O[C@H](CO)[C@@H](O)[C@H](O)[C@H]2O)[C@@H]2C(CO)=C[C@H](O)[C@H]12. The van der Waals surface area contributed by atoms with E-state index in [4.69, 9.17) is 18.9 Å². The van der Waals surface area contributed by atoms with Gasteiger partial charge in [0.05, 0.1) is 44.2 Å². The third-order valence-corrected chi connectivity index (χ3v) is 5.27. The van der Waals surface area contributed by atoms with Gasteiger partial charge in [-0.1, -0.05) is 6.08 Å². The molecule has 0 aromatic rings. The summed E-state index contributed by atoms with van der Waals surface area (Å²) in [6, 6.07) is 0. The first kappa shape index (κ1) is 21.1. The fourth-order valence-corrected chi connectivity index (χ4v) is 3.79. The zero-order valence-electron chi connectivity index (χ0n) is 15.0. The summed E-state index contributed by atoms with van der Waals surface area (Å²) in [6.45, 7) is -1.07. The Morgan fingerprint density at radius 3 is 2.39 bits per heavy atom. The molecule has 3 aliphatic rings. The van der Waals surface area contributed by atoms with Crippen molar-refractivity contribution in [2.45, 2.75) is 43.1 Å². The smallest absolute Gasteiger partial charge is 0.337 e. The maximum absolute atomic E-state index is 12.0. The van der Waals surface area contributed by atoms with Gasteiger partial charge in [0.1, 0.15) is 24.4 Å². The second kappa shape index (κ2) is 8.43. The highest BCUT2D eigenvalue weighted by molar-refractivity contribution is 5.89. The van der Waals surface area contributed by atoms with Gasteiger partial charge in [-0.25, -0.2) is 4.79 Å². The molecular formula is C17H24O11. The number of hydrogen-bond acceptors (Lipinski definition) is 11. The van der Waals surface area contributed by atoms with E-state index in [0.29, 0.717) is 5.57 Å². The molecule has 3 rings (SSSR count). The molecule has 158 valence electrons. The van der Waals surface area contributed by atoms with E-state index in [1.807, 2.05) is 0 Å². The molecule has 11 nitrogen and oxygen atoms in total. The lowest BCUT2D eigenvalue weighted by atomic mass is 9.82. The van der Waals surface area contributed by atoms with E-state index in [9.17, 15) is 35.4 Å². The zero-order chi connectivity index (χ0) is 20.6. The predicted molar refractivity (Wildman–Crippen MR) is 88.0 cm³/mol. The number of methoxy groups -OCH3 is 1. The van der Waals surface area contributed by atoms with Crippen LogP contribution in [0.25, 0.3) is 0 Å². The summed E-state index contributed by atoms with van der Waals surface area (Å²) < 4.78 is 21.1. The van der Waals surface area contributed by atoms with Crippen LogP contribution >= 0.6 is 0 Å². The number of aliphatic hydroxyl groups excluding tert-OH is 6. The molecule has 6 N–H and O–H groups in total. The number of aliphatic hydroxyl groups is 6. The van der Waals surface area contributed by atoms with Gasteiger partial charge in [0.2, 0.25) is 6.29 Å². The molecule has 28 heavy (non-hydrogen) atoms. The minimum atomic E-state index is -1.65. The molecule has 2 aliphatic heterocycles. The molecular weight excluding hydrogens is 380 g/mol. The molecule has 1 saturated heterocycles. The van der Waals surface area contributed by atoms with E-state index >= 15 is 0 Å². The third kappa shape index (κ3) is 3.55. The molecule has 1 aliphatic carbocycles. The van der Waals surface area contributed by atoms with Crippen LogP contribution in [0.15, 0.2) is 23.5 Å². The van der Waals surface area contributed by atoms with Gasteiger partial charge in [-0.15, -0.1) is 0 Å². The predicted octanol–water partition coefficient (Wildman–Crippen LogP) is -3.26. The monoisotopic (exact) mass is 404 g/mol. The van der Waals surface area contributed by atoms with Gasteiger partial charge in [0, 0.05) is 5.92 Å². The zero-order valence-corrected chi connectivity index (χ0v) is 15.0. The minimum absolute atomic E-state index is 0.0494. The molecule has 0 radical (unpaired) electrons. The summed E-state index contributed by atoms with van der Waals surface area (Å²) >= 11 is 0. The van der Waals surface area contributed by atoms with Gasteiger partial charge in [-0.3, -0.25) is 0 Å². The molecule has 11 heteroatoms. The van der Waals surface area contributed by atoms with E-state index in [1.54, 1.807) is 0 Å². The highest BCUT2D eigenvalue weighted by Gasteiger charge is 2.52. The Hall–Kier alpha value is -1.57. The van der Waals surface area contributed by atoms with Gasteiger partial charge in [-0.2, -0.15) is 0 Å². The number of esters is 1. The second-order valence-electron chi connectivity index (χ2n) is 6.84. The van der Waals surface area contributed by atoms with Gasteiger partial charge in [0.15, 0.2) is 6.29 Å². The van der Waals surface area contributed by atoms with Crippen molar-refractivity contribution in [1.29, 1.82) is 0 Å². The average Bonchev–Trinajstić information content (AvgIpc) is 3.05. The molecule has 2 heterocycles. The van der Waals surface area contributed by atoms with Crippen molar-refractivity contribution in [2.24, 2.45) is 11.8 Å². The molecule has 9 atom stereocenters.